The van der Waals surface area contributed by atoms with E-state index in [1.807, 2.05) is 42.5 Å². The van der Waals surface area contributed by atoms with Gasteiger partial charge >= 0.3 is 17.7 Å². The normalized spacial score (nSPS) is 17.3. The number of benzene rings is 2. The highest BCUT2D eigenvalue weighted by molar-refractivity contribution is 5.82. The molecule has 1 amide bonds. The second-order valence-electron chi connectivity index (χ2n) is 12.1. The van der Waals surface area contributed by atoms with Crippen molar-refractivity contribution in [2.75, 3.05) is 32.5 Å². The summed E-state index contributed by atoms with van der Waals surface area (Å²) in [5.74, 6) is -0.206. The molecule has 47 heavy (non-hydrogen) atoms. The minimum atomic E-state index is -0.383. The summed E-state index contributed by atoms with van der Waals surface area (Å²) in [4.78, 5) is 53.0. The highest BCUT2D eigenvalue weighted by atomic mass is 16.5. The molecule has 1 fully saturated rings. The molecule has 0 radical (unpaired) electrons. The molecule has 1 aliphatic rings. The number of fused-ring (bicyclic) bond motifs is 1. The third-order valence-corrected chi connectivity index (χ3v) is 8.85. The van der Waals surface area contributed by atoms with Crippen molar-refractivity contribution in [3.8, 4) is 6.01 Å². The summed E-state index contributed by atoms with van der Waals surface area (Å²) in [6, 6.07) is 17.1. The van der Waals surface area contributed by atoms with Crippen LogP contribution in [0.15, 0.2) is 59.4 Å². The number of likely N-dealkylation sites (tertiary alicyclic amines) is 1. The number of hydrogen-bond donors (Lipinski definition) is 3. The Morgan fingerprint density at radius 2 is 1.81 bits per heavy atom. The predicted molar refractivity (Wildman–Crippen MR) is 180 cm³/mol. The van der Waals surface area contributed by atoms with Gasteiger partial charge in [0.25, 0.3) is 0 Å². The molecule has 2 aromatic carbocycles. The molecule has 4 N–H and O–H groups in total. The molecule has 0 aliphatic carbocycles. The number of nitrogen functional groups attached to an aromatic ring is 1. The molecule has 12 heteroatoms. The van der Waals surface area contributed by atoms with Gasteiger partial charge in [-0.3, -0.25) is 19.1 Å². The SMILES string of the molecule is CCCCOc1nc(N)c2[nH]c(=O)n(C3CN(C(CCC)C(=O)NCc4ccc(CC(=O)OC)cc4)CCC3c3ccccc3)c2n1. The number of hydrogen-bond acceptors (Lipinski definition) is 9. The molecule has 250 valence electrons. The Labute approximate surface area is 274 Å². The van der Waals surface area contributed by atoms with Gasteiger partial charge in [0.1, 0.15) is 5.52 Å². The predicted octanol–water partition coefficient (Wildman–Crippen LogP) is 4.11. The Morgan fingerprint density at radius 3 is 2.51 bits per heavy atom. The van der Waals surface area contributed by atoms with Crippen LogP contribution in [-0.4, -0.2) is 69.1 Å². The lowest BCUT2D eigenvalue weighted by Crippen LogP contribution is -2.52. The number of aromatic nitrogens is 4. The van der Waals surface area contributed by atoms with Gasteiger partial charge in [0.05, 0.1) is 32.2 Å². The number of anilines is 1. The van der Waals surface area contributed by atoms with Crippen molar-refractivity contribution in [3.63, 3.8) is 0 Å². The van der Waals surface area contributed by atoms with Crippen LogP contribution in [0.2, 0.25) is 0 Å². The van der Waals surface area contributed by atoms with Crippen molar-refractivity contribution in [2.45, 2.75) is 76.9 Å². The van der Waals surface area contributed by atoms with Crippen LogP contribution >= 0.6 is 0 Å². The summed E-state index contributed by atoms with van der Waals surface area (Å²) in [5.41, 5.74) is 9.64. The van der Waals surface area contributed by atoms with E-state index in [1.165, 1.54) is 7.11 Å². The average molecular weight is 644 g/mol. The van der Waals surface area contributed by atoms with Crippen LogP contribution in [0.3, 0.4) is 0 Å². The molecule has 3 heterocycles. The van der Waals surface area contributed by atoms with E-state index in [1.54, 1.807) is 4.57 Å². The van der Waals surface area contributed by atoms with Crippen molar-refractivity contribution in [3.05, 3.63) is 81.8 Å². The maximum Gasteiger partial charge on any atom is 0.328 e. The van der Waals surface area contributed by atoms with Crippen molar-refractivity contribution < 1.29 is 19.1 Å². The lowest BCUT2D eigenvalue weighted by Gasteiger charge is -2.42. The molecule has 0 spiro atoms. The number of piperidine rings is 1. The largest absolute Gasteiger partial charge is 0.469 e. The number of nitrogens with one attached hydrogen (secondary N) is 2. The number of nitrogens with two attached hydrogens (primary N) is 1. The van der Waals surface area contributed by atoms with Crippen LogP contribution in [0.4, 0.5) is 5.82 Å². The summed E-state index contributed by atoms with van der Waals surface area (Å²) in [5, 5.41) is 3.12. The Bertz CT molecular complexity index is 1700. The van der Waals surface area contributed by atoms with E-state index in [9.17, 15) is 14.4 Å². The molecule has 12 nitrogen and oxygen atoms in total. The fourth-order valence-electron chi connectivity index (χ4n) is 6.35. The standard InChI is InChI=1S/C35H45N7O5/c1-4-6-19-47-34-39-31(36)30-32(40-34)42(35(45)38-30)28-22-41(18-17-26(28)25-11-8-7-9-12-25)27(10-5-2)33(44)37-21-24-15-13-23(14-16-24)20-29(43)46-3/h7-9,11-16,26-28H,4-6,10,17-22H2,1-3H3,(H,37,44)(H,38,45)(H2,36,39,40). The Balaban J connectivity index is 1.41. The van der Waals surface area contributed by atoms with E-state index in [4.69, 9.17) is 15.2 Å². The van der Waals surface area contributed by atoms with Crippen LogP contribution in [0, 0.1) is 0 Å². The summed E-state index contributed by atoms with van der Waals surface area (Å²) in [6.45, 7) is 6.10. The number of carbonyl (C=O) groups excluding carboxylic acids is 2. The summed E-state index contributed by atoms with van der Waals surface area (Å²) in [7, 11) is 1.37. The monoisotopic (exact) mass is 643 g/mol. The van der Waals surface area contributed by atoms with E-state index < -0.39 is 0 Å². The van der Waals surface area contributed by atoms with Crippen LogP contribution in [-0.2, 0) is 27.3 Å². The van der Waals surface area contributed by atoms with Crippen molar-refractivity contribution >= 4 is 28.9 Å². The van der Waals surface area contributed by atoms with Gasteiger partial charge in [-0.15, -0.1) is 0 Å². The van der Waals surface area contributed by atoms with Crippen LogP contribution in [0.5, 0.6) is 6.01 Å². The number of ether oxygens (including phenoxy) is 2. The smallest absolute Gasteiger partial charge is 0.328 e. The highest BCUT2D eigenvalue weighted by Crippen LogP contribution is 2.38. The van der Waals surface area contributed by atoms with Crippen LogP contribution in [0.1, 0.15) is 74.6 Å². The number of amides is 1. The van der Waals surface area contributed by atoms with E-state index in [0.717, 1.165) is 42.4 Å². The number of esters is 1. The Hall–Kier alpha value is -4.71. The summed E-state index contributed by atoms with van der Waals surface area (Å²) >= 11 is 0. The van der Waals surface area contributed by atoms with Gasteiger partial charge in [-0.1, -0.05) is 81.3 Å². The first kappa shape index (κ1) is 33.6. The molecule has 5 rings (SSSR count). The molecule has 1 saturated heterocycles. The number of aromatic amines is 1. The van der Waals surface area contributed by atoms with Crippen LogP contribution in [0.25, 0.3) is 11.2 Å². The maximum absolute atomic E-state index is 13.8. The molecule has 0 bridgehead atoms. The van der Waals surface area contributed by atoms with Crippen LogP contribution < -0.4 is 21.5 Å². The quantitative estimate of drug-likeness (QED) is 0.136. The number of H-pyrrole nitrogens is 1. The fourth-order valence-corrected chi connectivity index (χ4v) is 6.35. The van der Waals surface area contributed by atoms with Gasteiger partial charge in [-0.2, -0.15) is 9.97 Å². The van der Waals surface area contributed by atoms with E-state index in [0.29, 0.717) is 43.8 Å². The minimum absolute atomic E-state index is 0.00126. The number of methoxy groups -OCH3 is 1. The number of imidazole rings is 1. The highest BCUT2D eigenvalue weighted by Gasteiger charge is 2.38. The van der Waals surface area contributed by atoms with Gasteiger partial charge in [0.15, 0.2) is 11.5 Å². The second kappa shape index (κ2) is 15.7. The molecule has 3 unspecified atom stereocenters. The third-order valence-electron chi connectivity index (χ3n) is 8.85. The van der Waals surface area contributed by atoms with Gasteiger partial charge in [-0.05, 0) is 42.5 Å². The fraction of sp³-hybridized carbons (Fsp3) is 0.457. The second-order valence-corrected chi connectivity index (χ2v) is 12.1. The lowest BCUT2D eigenvalue weighted by molar-refractivity contribution is -0.139. The molecule has 1 aliphatic heterocycles. The van der Waals surface area contributed by atoms with Gasteiger partial charge < -0.3 is 25.5 Å². The molecule has 0 saturated carbocycles. The number of rotatable bonds is 14. The van der Waals surface area contributed by atoms with Crippen molar-refractivity contribution in [1.29, 1.82) is 0 Å². The average Bonchev–Trinajstić information content (AvgIpc) is 3.43. The molecule has 4 aromatic rings. The minimum Gasteiger partial charge on any atom is -0.469 e. The van der Waals surface area contributed by atoms with Crippen molar-refractivity contribution in [1.82, 2.24) is 29.7 Å². The van der Waals surface area contributed by atoms with Crippen molar-refractivity contribution in [2.24, 2.45) is 0 Å². The first-order chi connectivity index (χ1) is 22.8. The van der Waals surface area contributed by atoms with E-state index in [-0.39, 0.29) is 53.8 Å². The van der Waals surface area contributed by atoms with E-state index >= 15 is 0 Å². The number of carbonyl (C=O) groups is 2. The summed E-state index contributed by atoms with van der Waals surface area (Å²) < 4.78 is 12.2. The maximum atomic E-state index is 13.8. The first-order valence-electron chi connectivity index (χ1n) is 16.4. The topological polar surface area (TPSA) is 157 Å². The molecule has 2 aromatic heterocycles. The zero-order chi connectivity index (χ0) is 33.3. The van der Waals surface area contributed by atoms with E-state index in [2.05, 4.69) is 51.1 Å². The molecular weight excluding hydrogens is 598 g/mol. The number of unbranched alkanes of at least 4 members (excludes halogenated alkanes) is 1. The zero-order valence-electron chi connectivity index (χ0n) is 27.4. The van der Waals surface area contributed by atoms with Gasteiger partial charge in [0.2, 0.25) is 5.91 Å². The van der Waals surface area contributed by atoms with Gasteiger partial charge in [-0.25, -0.2) is 4.79 Å². The molecule has 3 atom stereocenters. The first-order valence-corrected chi connectivity index (χ1v) is 16.4. The summed E-state index contributed by atoms with van der Waals surface area (Å²) in [6.07, 6.45) is 4.23. The Kier molecular flexibility index (Phi) is 11.3. The molecular formula is C35H45N7O5. The third kappa shape index (κ3) is 7.99. The van der Waals surface area contributed by atoms with Gasteiger partial charge in [0, 0.05) is 19.0 Å². The number of nitrogens with zero attached hydrogens (tertiary/aromatic N) is 4. The lowest BCUT2D eigenvalue weighted by atomic mass is 9.84. The Morgan fingerprint density at radius 1 is 1.06 bits per heavy atom. The zero-order valence-corrected chi connectivity index (χ0v) is 27.4.